The Balaban J connectivity index is 1.51. The predicted octanol–water partition coefficient (Wildman–Crippen LogP) is 3.98. The third-order valence-corrected chi connectivity index (χ3v) is 4.83. The highest BCUT2D eigenvalue weighted by Gasteiger charge is 2.36. The fraction of sp³-hybridized carbons (Fsp3) is 0.0870. The summed E-state index contributed by atoms with van der Waals surface area (Å²) in [4.78, 5) is 38.8. The van der Waals surface area contributed by atoms with Gasteiger partial charge in [-0.25, -0.2) is 4.90 Å². The molecule has 5 heteroatoms. The van der Waals surface area contributed by atoms with Crippen LogP contribution in [-0.2, 0) is 0 Å². The van der Waals surface area contributed by atoms with Gasteiger partial charge in [-0.3, -0.25) is 14.4 Å². The fourth-order valence-corrected chi connectivity index (χ4v) is 3.29. The van der Waals surface area contributed by atoms with Crippen LogP contribution in [0, 0.1) is 0 Å². The van der Waals surface area contributed by atoms with Crippen molar-refractivity contribution < 1.29 is 14.4 Å². The normalized spacial score (nSPS) is 14.0. The number of carbonyl (C=O) groups is 3. The predicted molar refractivity (Wildman–Crippen MR) is 106 cm³/mol. The molecule has 138 valence electrons. The average molecular weight is 370 g/mol. The van der Waals surface area contributed by atoms with Crippen molar-refractivity contribution in [1.29, 1.82) is 0 Å². The summed E-state index contributed by atoms with van der Waals surface area (Å²) in [5.41, 5.74) is 2.71. The number of rotatable bonds is 4. The van der Waals surface area contributed by atoms with Crippen molar-refractivity contribution in [3.05, 3.63) is 101 Å². The molecule has 1 atom stereocenters. The molecule has 3 aromatic carbocycles. The second-order valence-electron chi connectivity index (χ2n) is 6.64. The zero-order valence-electron chi connectivity index (χ0n) is 15.3. The van der Waals surface area contributed by atoms with Crippen LogP contribution < -0.4 is 10.2 Å². The van der Waals surface area contributed by atoms with E-state index in [1.807, 2.05) is 37.3 Å². The highest BCUT2D eigenvalue weighted by atomic mass is 16.2. The quantitative estimate of drug-likeness (QED) is 0.707. The number of hydrogen-bond donors (Lipinski definition) is 1. The van der Waals surface area contributed by atoms with Crippen LogP contribution >= 0.6 is 0 Å². The SMILES string of the molecule is CC(NC(=O)c1ccc(N2C(=O)c3ccccc3C2=O)cc1)c1ccccc1. The summed E-state index contributed by atoms with van der Waals surface area (Å²) in [5.74, 6) is -0.920. The Morgan fingerprint density at radius 2 is 1.32 bits per heavy atom. The van der Waals surface area contributed by atoms with Gasteiger partial charge >= 0.3 is 0 Å². The van der Waals surface area contributed by atoms with Crippen LogP contribution in [0.5, 0.6) is 0 Å². The summed E-state index contributed by atoms with van der Waals surface area (Å²) in [6.45, 7) is 1.92. The first-order valence-electron chi connectivity index (χ1n) is 9.00. The van der Waals surface area contributed by atoms with E-state index in [0.717, 1.165) is 10.5 Å². The molecule has 0 saturated heterocycles. The monoisotopic (exact) mass is 370 g/mol. The minimum Gasteiger partial charge on any atom is -0.346 e. The molecule has 0 aliphatic carbocycles. The van der Waals surface area contributed by atoms with E-state index in [9.17, 15) is 14.4 Å². The maximum absolute atomic E-state index is 12.6. The molecule has 1 heterocycles. The number of nitrogens with zero attached hydrogens (tertiary/aromatic N) is 1. The molecule has 0 fully saturated rings. The van der Waals surface area contributed by atoms with Crippen LogP contribution in [0.4, 0.5) is 5.69 Å². The lowest BCUT2D eigenvalue weighted by molar-refractivity contribution is 0.0921. The molecule has 5 nitrogen and oxygen atoms in total. The number of amides is 3. The Labute approximate surface area is 162 Å². The zero-order chi connectivity index (χ0) is 19.7. The van der Waals surface area contributed by atoms with E-state index in [-0.39, 0.29) is 23.8 Å². The topological polar surface area (TPSA) is 66.5 Å². The van der Waals surface area contributed by atoms with E-state index < -0.39 is 0 Å². The van der Waals surface area contributed by atoms with E-state index in [2.05, 4.69) is 5.32 Å². The molecule has 1 aliphatic rings. The smallest absolute Gasteiger partial charge is 0.266 e. The summed E-state index contributed by atoms with van der Waals surface area (Å²) in [6, 6.07) is 22.8. The molecule has 3 amide bonds. The molecule has 3 aromatic rings. The summed E-state index contributed by atoms with van der Waals surface area (Å²) in [6.07, 6.45) is 0. The molecule has 4 rings (SSSR count). The van der Waals surface area contributed by atoms with Crippen LogP contribution in [0.15, 0.2) is 78.9 Å². The number of nitrogens with one attached hydrogen (secondary N) is 1. The number of imide groups is 1. The van der Waals surface area contributed by atoms with Gasteiger partial charge in [0, 0.05) is 5.56 Å². The van der Waals surface area contributed by atoms with Crippen molar-refractivity contribution in [1.82, 2.24) is 5.32 Å². The second kappa shape index (κ2) is 7.12. The fourth-order valence-electron chi connectivity index (χ4n) is 3.29. The minimum absolute atomic E-state index is 0.135. The minimum atomic E-state index is -0.351. The Morgan fingerprint density at radius 3 is 1.89 bits per heavy atom. The Hall–Kier alpha value is -3.73. The molecular formula is C23H18N2O3. The highest BCUT2D eigenvalue weighted by Crippen LogP contribution is 2.28. The number of hydrogen-bond acceptors (Lipinski definition) is 3. The third-order valence-electron chi connectivity index (χ3n) is 4.83. The number of fused-ring (bicyclic) bond motifs is 1. The Kier molecular flexibility index (Phi) is 4.49. The largest absolute Gasteiger partial charge is 0.346 e. The van der Waals surface area contributed by atoms with Gasteiger partial charge in [0.15, 0.2) is 0 Å². The van der Waals surface area contributed by atoms with E-state index in [1.165, 1.54) is 0 Å². The van der Waals surface area contributed by atoms with Gasteiger partial charge < -0.3 is 5.32 Å². The lowest BCUT2D eigenvalue weighted by Gasteiger charge is -2.16. The molecule has 1 unspecified atom stereocenters. The van der Waals surface area contributed by atoms with Gasteiger partial charge in [-0.15, -0.1) is 0 Å². The number of benzene rings is 3. The van der Waals surface area contributed by atoms with E-state index in [0.29, 0.717) is 22.4 Å². The molecule has 28 heavy (non-hydrogen) atoms. The molecule has 1 aliphatic heterocycles. The van der Waals surface area contributed by atoms with Gasteiger partial charge in [0.25, 0.3) is 17.7 Å². The van der Waals surface area contributed by atoms with Crippen LogP contribution in [0.25, 0.3) is 0 Å². The number of carbonyl (C=O) groups excluding carboxylic acids is 3. The third kappa shape index (κ3) is 3.07. The molecule has 0 bridgehead atoms. The first kappa shape index (κ1) is 17.7. The van der Waals surface area contributed by atoms with Gasteiger partial charge in [0.2, 0.25) is 0 Å². The summed E-state index contributed by atoms with van der Waals surface area (Å²) >= 11 is 0. The van der Waals surface area contributed by atoms with E-state index in [4.69, 9.17) is 0 Å². The van der Waals surface area contributed by atoms with Crippen molar-refractivity contribution in [2.45, 2.75) is 13.0 Å². The van der Waals surface area contributed by atoms with Crippen molar-refractivity contribution in [2.24, 2.45) is 0 Å². The number of anilines is 1. The summed E-state index contributed by atoms with van der Waals surface area (Å²) < 4.78 is 0. The summed E-state index contributed by atoms with van der Waals surface area (Å²) in [5, 5.41) is 2.95. The van der Waals surface area contributed by atoms with Gasteiger partial charge in [-0.1, -0.05) is 42.5 Å². The first-order chi connectivity index (χ1) is 13.6. The lowest BCUT2D eigenvalue weighted by Crippen LogP contribution is -2.29. The molecule has 0 radical (unpaired) electrons. The van der Waals surface area contributed by atoms with Crippen LogP contribution in [-0.4, -0.2) is 17.7 Å². The Bertz CT molecular complexity index is 1020. The van der Waals surface area contributed by atoms with Crippen LogP contribution in [0.2, 0.25) is 0 Å². The zero-order valence-corrected chi connectivity index (χ0v) is 15.3. The second-order valence-corrected chi connectivity index (χ2v) is 6.64. The molecule has 0 spiro atoms. The Morgan fingerprint density at radius 1 is 0.786 bits per heavy atom. The lowest BCUT2D eigenvalue weighted by atomic mass is 10.1. The maximum atomic E-state index is 12.6. The van der Waals surface area contributed by atoms with Crippen LogP contribution in [0.3, 0.4) is 0 Å². The first-order valence-corrected chi connectivity index (χ1v) is 9.00. The molecule has 0 saturated carbocycles. The standard InChI is InChI=1S/C23H18N2O3/c1-15(16-7-3-2-4-8-16)24-21(26)17-11-13-18(14-12-17)25-22(27)19-9-5-6-10-20(19)23(25)28/h2-15H,1H3,(H,24,26). The summed E-state index contributed by atoms with van der Waals surface area (Å²) in [7, 11) is 0. The van der Waals surface area contributed by atoms with Gasteiger partial charge in [0.05, 0.1) is 22.9 Å². The molecule has 1 N–H and O–H groups in total. The van der Waals surface area contributed by atoms with Crippen LogP contribution in [0.1, 0.15) is 49.6 Å². The molecule has 0 aromatic heterocycles. The van der Waals surface area contributed by atoms with E-state index >= 15 is 0 Å². The van der Waals surface area contributed by atoms with Gasteiger partial charge in [0.1, 0.15) is 0 Å². The van der Waals surface area contributed by atoms with Crippen molar-refractivity contribution in [3.8, 4) is 0 Å². The van der Waals surface area contributed by atoms with Gasteiger partial charge in [-0.05, 0) is 48.9 Å². The maximum Gasteiger partial charge on any atom is 0.266 e. The van der Waals surface area contributed by atoms with Gasteiger partial charge in [-0.2, -0.15) is 0 Å². The molecular weight excluding hydrogens is 352 g/mol. The van der Waals surface area contributed by atoms with Crippen molar-refractivity contribution in [2.75, 3.05) is 4.90 Å². The van der Waals surface area contributed by atoms with Crippen molar-refractivity contribution in [3.63, 3.8) is 0 Å². The van der Waals surface area contributed by atoms with E-state index in [1.54, 1.807) is 48.5 Å². The highest BCUT2D eigenvalue weighted by molar-refractivity contribution is 6.34. The average Bonchev–Trinajstić information content (AvgIpc) is 2.99. The van der Waals surface area contributed by atoms with Crippen molar-refractivity contribution >= 4 is 23.4 Å².